The molecule has 0 bridgehead atoms. The van der Waals surface area contributed by atoms with Gasteiger partial charge < -0.3 is 14.6 Å². The Labute approximate surface area is 93.5 Å². The van der Waals surface area contributed by atoms with E-state index in [1.807, 2.05) is 13.8 Å². The van der Waals surface area contributed by atoms with Crippen molar-refractivity contribution < 1.29 is 35.0 Å². The fourth-order valence-electron chi connectivity index (χ4n) is 1.68. The maximum absolute atomic E-state index is 8.99. The largest absolute Gasteiger partial charge is 0.394 e. The Kier molecular flexibility index (Phi) is 6.36. The van der Waals surface area contributed by atoms with Crippen LogP contribution in [0.5, 0.6) is 0 Å². The third kappa shape index (κ3) is 3.00. The zero-order valence-corrected chi connectivity index (χ0v) is 11.1. The number of hydrogen-bond donors (Lipinski definition) is 1. The zero-order valence-electron chi connectivity index (χ0n) is 8.37. The van der Waals surface area contributed by atoms with Crippen molar-refractivity contribution in [3.63, 3.8) is 0 Å². The van der Waals surface area contributed by atoms with Crippen LogP contribution in [0.4, 0.5) is 0 Å². The number of rotatable bonds is 3. The van der Waals surface area contributed by atoms with Crippen LogP contribution in [-0.2, 0) is 29.9 Å². The molecule has 1 saturated heterocycles. The minimum atomic E-state index is -0.130. The summed E-state index contributed by atoms with van der Waals surface area (Å²) < 4.78 is 11.0. The minimum absolute atomic E-state index is 0. The Morgan fingerprint density at radius 1 is 1.38 bits per heavy atom. The van der Waals surface area contributed by atoms with Crippen molar-refractivity contribution in [2.45, 2.75) is 39.1 Å². The molecule has 1 radical (unpaired) electrons. The summed E-state index contributed by atoms with van der Waals surface area (Å²) in [7, 11) is 0. The standard InChI is InChI=1S/C9H18O3.Re/c1-4-11-9-6(2)7(3)12-8(9)5-10;/h6-10H,4-5H2,1-3H3;. The van der Waals surface area contributed by atoms with Gasteiger partial charge in [0.15, 0.2) is 0 Å². The molecule has 79 valence electrons. The van der Waals surface area contributed by atoms with Gasteiger partial charge in [-0.3, -0.25) is 0 Å². The van der Waals surface area contributed by atoms with Crippen molar-refractivity contribution in [2.75, 3.05) is 13.2 Å². The van der Waals surface area contributed by atoms with Crippen LogP contribution >= 0.6 is 0 Å². The fourth-order valence-corrected chi connectivity index (χ4v) is 1.68. The summed E-state index contributed by atoms with van der Waals surface area (Å²) >= 11 is 0. The minimum Gasteiger partial charge on any atom is -0.394 e. The molecule has 1 N–H and O–H groups in total. The maximum atomic E-state index is 8.99. The Hall–Kier alpha value is 0.542. The first-order valence-corrected chi connectivity index (χ1v) is 4.58. The molecule has 0 saturated carbocycles. The molecule has 0 aromatic heterocycles. The molecule has 1 fully saturated rings. The maximum Gasteiger partial charge on any atom is 0.107 e. The normalized spacial score (nSPS) is 38.8. The first kappa shape index (κ1) is 13.5. The van der Waals surface area contributed by atoms with Crippen molar-refractivity contribution in [3.05, 3.63) is 0 Å². The number of ether oxygens (including phenoxy) is 2. The first-order valence-electron chi connectivity index (χ1n) is 4.58. The van der Waals surface area contributed by atoms with E-state index in [1.165, 1.54) is 0 Å². The summed E-state index contributed by atoms with van der Waals surface area (Å²) in [6.45, 7) is 6.82. The molecule has 4 unspecified atom stereocenters. The van der Waals surface area contributed by atoms with Gasteiger partial charge in [-0.05, 0) is 13.8 Å². The molecule has 1 aliphatic rings. The molecule has 3 nitrogen and oxygen atoms in total. The van der Waals surface area contributed by atoms with E-state index >= 15 is 0 Å². The summed E-state index contributed by atoms with van der Waals surface area (Å²) in [5, 5.41) is 8.99. The third-order valence-corrected chi connectivity index (χ3v) is 2.55. The Morgan fingerprint density at radius 3 is 2.46 bits per heavy atom. The van der Waals surface area contributed by atoms with E-state index in [0.29, 0.717) is 12.5 Å². The van der Waals surface area contributed by atoms with Gasteiger partial charge >= 0.3 is 0 Å². The van der Waals surface area contributed by atoms with Gasteiger partial charge in [-0.25, -0.2) is 0 Å². The van der Waals surface area contributed by atoms with Crippen molar-refractivity contribution in [3.8, 4) is 0 Å². The van der Waals surface area contributed by atoms with Crippen molar-refractivity contribution in [1.82, 2.24) is 0 Å². The Morgan fingerprint density at radius 2 is 2.00 bits per heavy atom. The van der Waals surface area contributed by atoms with Crippen LogP contribution in [0.3, 0.4) is 0 Å². The van der Waals surface area contributed by atoms with Crippen LogP contribution in [0.2, 0.25) is 0 Å². The van der Waals surface area contributed by atoms with E-state index in [0.717, 1.165) is 0 Å². The zero-order chi connectivity index (χ0) is 9.14. The van der Waals surface area contributed by atoms with Gasteiger partial charge in [0.25, 0.3) is 0 Å². The molecule has 4 heteroatoms. The van der Waals surface area contributed by atoms with Crippen LogP contribution in [-0.4, -0.2) is 36.6 Å². The average molecular weight is 360 g/mol. The van der Waals surface area contributed by atoms with Gasteiger partial charge in [-0.2, -0.15) is 0 Å². The predicted molar refractivity (Wildman–Crippen MR) is 46.0 cm³/mol. The van der Waals surface area contributed by atoms with E-state index in [2.05, 4.69) is 6.92 Å². The Bertz CT molecular complexity index is 143. The van der Waals surface area contributed by atoms with E-state index in [9.17, 15) is 0 Å². The second kappa shape index (κ2) is 6.11. The average Bonchev–Trinajstić information content (AvgIpc) is 2.33. The van der Waals surface area contributed by atoms with E-state index in [4.69, 9.17) is 14.6 Å². The molecule has 1 aliphatic heterocycles. The molecule has 0 spiro atoms. The van der Waals surface area contributed by atoms with Crippen LogP contribution in [0.1, 0.15) is 20.8 Å². The molecule has 0 amide bonds. The van der Waals surface area contributed by atoms with Gasteiger partial charge in [0.05, 0.1) is 18.8 Å². The van der Waals surface area contributed by atoms with Crippen molar-refractivity contribution >= 4 is 0 Å². The first-order chi connectivity index (χ1) is 5.70. The molecule has 0 aliphatic carbocycles. The third-order valence-electron chi connectivity index (χ3n) is 2.55. The molecule has 1 heterocycles. The van der Waals surface area contributed by atoms with Gasteiger partial charge in [0, 0.05) is 32.9 Å². The molecule has 0 aromatic rings. The van der Waals surface area contributed by atoms with Gasteiger partial charge in [0.2, 0.25) is 0 Å². The SMILES string of the molecule is CCOC1C(CO)OC(C)C1C.[Re]. The molecular weight excluding hydrogens is 342 g/mol. The topological polar surface area (TPSA) is 38.7 Å². The summed E-state index contributed by atoms with van der Waals surface area (Å²) in [5.74, 6) is 0.377. The summed E-state index contributed by atoms with van der Waals surface area (Å²) in [5.41, 5.74) is 0. The molecule has 13 heavy (non-hydrogen) atoms. The van der Waals surface area contributed by atoms with Crippen LogP contribution in [0, 0.1) is 5.92 Å². The second-order valence-electron chi connectivity index (χ2n) is 3.34. The fraction of sp³-hybridized carbons (Fsp3) is 1.00. The summed E-state index contributed by atoms with van der Waals surface area (Å²) in [6.07, 6.45) is 0.128. The van der Waals surface area contributed by atoms with Gasteiger partial charge in [-0.1, -0.05) is 6.92 Å². The number of hydrogen-bond acceptors (Lipinski definition) is 3. The quantitative estimate of drug-likeness (QED) is 0.809. The van der Waals surface area contributed by atoms with Gasteiger partial charge in [-0.15, -0.1) is 0 Å². The van der Waals surface area contributed by atoms with Crippen molar-refractivity contribution in [2.24, 2.45) is 5.92 Å². The molecule has 0 aromatic carbocycles. The van der Waals surface area contributed by atoms with Crippen LogP contribution < -0.4 is 0 Å². The van der Waals surface area contributed by atoms with Crippen LogP contribution in [0.15, 0.2) is 0 Å². The smallest absolute Gasteiger partial charge is 0.107 e. The monoisotopic (exact) mass is 361 g/mol. The summed E-state index contributed by atoms with van der Waals surface area (Å²) in [4.78, 5) is 0. The van der Waals surface area contributed by atoms with E-state index in [1.54, 1.807) is 0 Å². The van der Waals surface area contributed by atoms with E-state index in [-0.39, 0.29) is 45.3 Å². The van der Waals surface area contributed by atoms with Crippen LogP contribution in [0.25, 0.3) is 0 Å². The summed E-state index contributed by atoms with van der Waals surface area (Å²) in [6, 6.07) is 0. The number of aliphatic hydroxyl groups excluding tert-OH is 1. The Balaban J connectivity index is 0.00000144. The molecular formula is C9H18O3Re. The van der Waals surface area contributed by atoms with E-state index < -0.39 is 0 Å². The number of aliphatic hydroxyl groups is 1. The molecule has 4 atom stereocenters. The molecule has 1 rings (SSSR count). The van der Waals surface area contributed by atoms with Gasteiger partial charge in [0.1, 0.15) is 6.10 Å². The second-order valence-corrected chi connectivity index (χ2v) is 3.34. The predicted octanol–water partition coefficient (Wildman–Crippen LogP) is 0.805. The van der Waals surface area contributed by atoms with Crippen molar-refractivity contribution in [1.29, 1.82) is 0 Å².